The second-order valence-corrected chi connectivity index (χ2v) is 7.04. The lowest BCUT2D eigenvalue weighted by Gasteiger charge is -2.03. The summed E-state index contributed by atoms with van der Waals surface area (Å²) in [6.45, 7) is 0. The van der Waals surface area contributed by atoms with Crippen LogP contribution in [0.25, 0.3) is 16.8 Å². The summed E-state index contributed by atoms with van der Waals surface area (Å²) in [7, 11) is 0. The highest BCUT2D eigenvalue weighted by atomic mass is 35.5. The first-order valence-electron chi connectivity index (χ1n) is 7.11. The molecule has 3 rings (SSSR count). The van der Waals surface area contributed by atoms with Crippen molar-refractivity contribution in [1.29, 1.82) is 5.26 Å². The van der Waals surface area contributed by atoms with Gasteiger partial charge < -0.3 is 5.32 Å². The van der Waals surface area contributed by atoms with Crippen LogP contribution >= 0.6 is 46.1 Å². The predicted octanol–water partition coefficient (Wildman–Crippen LogP) is 6.75. The molecule has 2 aromatic carbocycles. The molecule has 0 aliphatic heterocycles. The topological polar surface area (TPSA) is 48.7 Å². The Labute approximate surface area is 164 Å². The summed E-state index contributed by atoms with van der Waals surface area (Å²) < 4.78 is 0. The molecule has 0 bridgehead atoms. The van der Waals surface area contributed by atoms with Gasteiger partial charge in [-0.1, -0.05) is 53.0 Å². The Morgan fingerprint density at radius 3 is 2.60 bits per heavy atom. The smallest absolute Gasteiger partial charge is 0.136 e. The molecule has 124 valence electrons. The normalized spacial score (nSPS) is 11.2. The fraction of sp³-hybridized carbons (Fsp3) is 0. The fourth-order valence-electron chi connectivity index (χ4n) is 2.06. The van der Waals surface area contributed by atoms with E-state index in [2.05, 4.69) is 16.4 Å². The molecule has 3 aromatic rings. The van der Waals surface area contributed by atoms with Crippen molar-refractivity contribution >= 4 is 57.4 Å². The van der Waals surface area contributed by atoms with Crippen molar-refractivity contribution in [2.75, 3.05) is 5.32 Å². The van der Waals surface area contributed by atoms with Gasteiger partial charge in [0.05, 0.1) is 26.4 Å². The number of aromatic nitrogens is 1. The van der Waals surface area contributed by atoms with Crippen molar-refractivity contribution in [3.05, 3.63) is 74.1 Å². The van der Waals surface area contributed by atoms with Crippen LogP contribution in [-0.2, 0) is 0 Å². The summed E-state index contributed by atoms with van der Waals surface area (Å²) in [4.78, 5) is 4.51. The van der Waals surface area contributed by atoms with Gasteiger partial charge in [0.15, 0.2) is 0 Å². The zero-order chi connectivity index (χ0) is 17.8. The number of nitrogens with zero attached hydrogens (tertiary/aromatic N) is 2. The number of allylic oxidation sites excluding steroid dienone is 1. The highest BCUT2D eigenvalue weighted by Crippen LogP contribution is 2.31. The standard InChI is InChI=1S/C18H10Cl3N3S/c19-13-6-5-11(7-15(13)21)17-10-25-18(24-17)12(8-22)9-23-16-4-2-1-3-14(16)20/h1-7,9-10,23H/b12-9+. The number of hydrogen-bond acceptors (Lipinski definition) is 4. The van der Waals surface area contributed by atoms with E-state index in [0.29, 0.717) is 25.6 Å². The Balaban J connectivity index is 1.86. The number of benzene rings is 2. The van der Waals surface area contributed by atoms with Crippen LogP contribution in [-0.4, -0.2) is 4.98 Å². The first kappa shape index (κ1) is 17.8. The summed E-state index contributed by atoms with van der Waals surface area (Å²) in [5.74, 6) is 0. The van der Waals surface area contributed by atoms with Gasteiger partial charge in [0.2, 0.25) is 0 Å². The van der Waals surface area contributed by atoms with Gasteiger partial charge in [0, 0.05) is 17.1 Å². The van der Waals surface area contributed by atoms with Crippen LogP contribution in [0.15, 0.2) is 54.0 Å². The Kier molecular flexibility index (Phi) is 5.62. The van der Waals surface area contributed by atoms with Gasteiger partial charge in [0.1, 0.15) is 16.6 Å². The summed E-state index contributed by atoms with van der Waals surface area (Å²) in [5, 5.41) is 16.5. The lowest BCUT2D eigenvalue weighted by molar-refractivity contribution is 1.36. The van der Waals surface area contributed by atoms with Crippen LogP contribution in [0, 0.1) is 11.3 Å². The van der Waals surface area contributed by atoms with E-state index in [1.165, 1.54) is 11.3 Å². The number of anilines is 1. The van der Waals surface area contributed by atoms with E-state index in [1.807, 2.05) is 29.6 Å². The molecule has 1 N–H and O–H groups in total. The van der Waals surface area contributed by atoms with E-state index in [9.17, 15) is 5.26 Å². The molecule has 25 heavy (non-hydrogen) atoms. The maximum atomic E-state index is 9.42. The summed E-state index contributed by atoms with van der Waals surface area (Å²) in [6.07, 6.45) is 1.60. The molecule has 3 nitrogen and oxygen atoms in total. The first-order chi connectivity index (χ1) is 12.1. The monoisotopic (exact) mass is 405 g/mol. The van der Waals surface area contributed by atoms with Gasteiger partial charge in [0.25, 0.3) is 0 Å². The van der Waals surface area contributed by atoms with E-state index in [0.717, 1.165) is 16.9 Å². The predicted molar refractivity (Wildman–Crippen MR) is 106 cm³/mol. The highest BCUT2D eigenvalue weighted by Gasteiger charge is 2.10. The van der Waals surface area contributed by atoms with Gasteiger partial charge >= 0.3 is 0 Å². The molecule has 0 saturated heterocycles. The van der Waals surface area contributed by atoms with Crippen molar-refractivity contribution in [3.8, 4) is 17.3 Å². The molecular formula is C18H10Cl3N3S. The highest BCUT2D eigenvalue weighted by molar-refractivity contribution is 7.11. The van der Waals surface area contributed by atoms with E-state index in [-0.39, 0.29) is 0 Å². The molecule has 0 unspecified atom stereocenters. The Hall–Kier alpha value is -2.03. The average Bonchev–Trinajstić information content (AvgIpc) is 3.09. The summed E-state index contributed by atoms with van der Waals surface area (Å²) >= 11 is 19.5. The molecule has 0 fully saturated rings. The van der Waals surface area contributed by atoms with E-state index in [1.54, 1.807) is 24.4 Å². The van der Waals surface area contributed by atoms with Gasteiger partial charge in [-0.25, -0.2) is 4.98 Å². The SMILES string of the molecule is N#C/C(=C\Nc1ccccc1Cl)c1nc(-c2ccc(Cl)c(Cl)c2)cs1. The number of halogens is 3. The number of hydrogen-bond donors (Lipinski definition) is 1. The van der Waals surface area contributed by atoms with Crippen molar-refractivity contribution in [1.82, 2.24) is 4.98 Å². The molecule has 0 amide bonds. The van der Waals surface area contributed by atoms with E-state index < -0.39 is 0 Å². The van der Waals surface area contributed by atoms with Crippen LogP contribution in [0.4, 0.5) is 5.69 Å². The number of para-hydroxylation sites is 1. The van der Waals surface area contributed by atoms with Crippen LogP contribution in [0.5, 0.6) is 0 Å². The fourth-order valence-corrected chi connectivity index (χ4v) is 3.34. The minimum Gasteiger partial charge on any atom is -0.359 e. The van der Waals surface area contributed by atoms with Gasteiger partial charge in [-0.05, 0) is 24.3 Å². The quantitative estimate of drug-likeness (QED) is 0.488. The van der Waals surface area contributed by atoms with Crippen molar-refractivity contribution < 1.29 is 0 Å². The van der Waals surface area contributed by atoms with Crippen LogP contribution in [0.1, 0.15) is 5.01 Å². The third kappa shape index (κ3) is 4.15. The lowest BCUT2D eigenvalue weighted by atomic mass is 10.2. The molecule has 0 aliphatic carbocycles. The van der Waals surface area contributed by atoms with Crippen molar-refractivity contribution in [3.63, 3.8) is 0 Å². The molecule has 0 atom stereocenters. The molecule has 7 heteroatoms. The average molecular weight is 407 g/mol. The molecular weight excluding hydrogens is 397 g/mol. The third-order valence-corrected chi connectivity index (χ3v) is 5.26. The van der Waals surface area contributed by atoms with Crippen LogP contribution < -0.4 is 5.32 Å². The van der Waals surface area contributed by atoms with E-state index in [4.69, 9.17) is 34.8 Å². The zero-order valence-electron chi connectivity index (χ0n) is 12.6. The zero-order valence-corrected chi connectivity index (χ0v) is 15.7. The number of nitriles is 1. The molecule has 0 saturated carbocycles. The second-order valence-electron chi connectivity index (χ2n) is 4.96. The minimum absolute atomic E-state index is 0.413. The number of thiazole rings is 1. The summed E-state index contributed by atoms with van der Waals surface area (Å²) in [6, 6.07) is 14.8. The minimum atomic E-state index is 0.413. The Morgan fingerprint density at radius 1 is 1.08 bits per heavy atom. The largest absolute Gasteiger partial charge is 0.359 e. The number of nitrogens with one attached hydrogen (secondary N) is 1. The number of rotatable bonds is 4. The van der Waals surface area contributed by atoms with Crippen LogP contribution in [0.2, 0.25) is 15.1 Å². The molecule has 0 aliphatic rings. The van der Waals surface area contributed by atoms with Crippen molar-refractivity contribution in [2.45, 2.75) is 0 Å². The Bertz CT molecular complexity index is 989. The molecule has 0 spiro atoms. The maximum Gasteiger partial charge on any atom is 0.136 e. The Morgan fingerprint density at radius 2 is 1.88 bits per heavy atom. The lowest BCUT2D eigenvalue weighted by Crippen LogP contribution is -1.91. The summed E-state index contributed by atoms with van der Waals surface area (Å²) in [5.41, 5.74) is 2.71. The van der Waals surface area contributed by atoms with Crippen LogP contribution in [0.3, 0.4) is 0 Å². The molecule has 1 aromatic heterocycles. The van der Waals surface area contributed by atoms with E-state index >= 15 is 0 Å². The third-order valence-electron chi connectivity index (χ3n) is 3.32. The molecule has 1 heterocycles. The van der Waals surface area contributed by atoms with Gasteiger partial charge in [-0.15, -0.1) is 11.3 Å². The maximum absolute atomic E-state index is 9.42. The van der Waals surface area contributed by atoms with Gasteiger partial charge in [-0.2, -0.15) is 5.26 Å². The first-order valence-corrected chi connectivity index (χ1v) is 9.12. The van der Waals surface area contributed by atoms with Gasteiger partial charge in [-0.3, -0.25) is 0 Å². The second kappa shape index (κ2) is 7.90. The van der Waals surface area contributed by atoms with Crippen molar-refractivity contribution in [2.24, 2.45) is 0 Å². The molecule has 0 radical (unpaired) electrons.